The SMILES string of the molecule is CCC(=O)c1ccc(NC(=O)c2c(O)n(C(N)=O)c3ccc([N+](=O)[O-])cc23)cc1. The van der Waals surface area contributed by atoms with E-state index in [-0.39, 0.29) is 27.9 Å². The third-order valence-electron chi connectivity index (χ3n) is 4.37. The lowest BCUT2D eigenvalue weighted by Crippen LogP contribution is -2.19. The van der Waals surface area contributed by atoms with Gasteiger partial charge in [0.05, 0.1) is 10.4 Å². The van der Waals surface area contributed by atoms with Gasteiger partial charge in [0, 0.05) is 35.2 Å². The van der Waals surface area contributed by atoms with Gasteiger partial charge in [0.15, 0.2) is 5.78 Å². The number of primary amides is 1. The number of nitrogens with zero attached hydrogens (tertiary/aromatic N) is 2. The van der Waals surface area contributed by atoms with Crippen LogP contribution in [0.5, 0.6) is 5.88 Å². The van der Waals surface area contributed by atoms with E-state index in [0.29, 0.717) is 22.2 Å². The van der Waals surface area contributed by atoms with E-state index in [4.69, 9.17) is 5.73 Å². The van der Waals surface area contributed by atoms with Crippen molar-refractivity contribution in [3.05, 3.63) is 63.7 Å². The molecule has 148 valence electrons. The summed E-state index contributed by atoms with van der Waals surface area (Å²) in [4.78, 5) is 46.6. The Morgan fingerprint density at radius 1 is 1.17 bits per heavy atom. The van der Waals surface area contributed by atoms with Gasteiger partial charge in [0.25, 0.3) is 11.6 Å². The second kappa shape index (κ2) is 7.43. The number of nitrogens with one attached hydrogen (secondary N) is 1. The molecule has 10 nitrogen and oxygen atoms in total. The number of ketones is 1. The molecule has 0 unspecified atom stereocenters. The zero-order valence-electron chi connectivity index (χ0n) is 15.2. The summed E-state index contributed by atoms with van der Waals surface area (Å²) in [5.74, 6) is -1.59. The number of Topliss-reactive ketones (excluding diaryl/α,β-unsaturated/α-hetero) is 1. The summed E-state index contributed by atoms with van der Waals surface area (Å²) in [6, 6.07) is 8.47. The monoisotopic (exact) mass is 396 g/mol. The van der Waals surface area contributed by atoms with E-state index in [1.807, 2.05) is 0 Å². The predicted octanol–water partition coefficient (Wildman–Crippen LogP) is 3.03. The minimum atomic E-state index is -1.05. The average molecular weight is 396 g/mol. The topological polar surface area (TPSA) is 158 Å². The lowest BCUT2D eigenvalue weighted by atomic mass is 10.1. The first kappa shape index (κ1) is 19.5. The Bertz CT molecular complexity index is 1160. The number of anilines is 1. The van der Waals surface area contributed by atoms with Crippen LogP contribution in [0.2, 0.25) is 0 Å². The number of aromatic hydroxyl groups is 1. The van der Waals surface area contributed by atoms with Crippen molar-refractivity contribution in [2.75, 3.05) is 5.32 Å². The number of hydrogen-bond acceptors (Lipinski definition) is 6. The van der Waals surface area contributed by atoms with Crippen LogP contribution in [0.3, 0.4) is 0 Å². The summed E-state index contributed by atoms with van der Waals surface area (Å²) in [6.07, 6.45) is 0.338. The molecule has 0 spiro atoms. The van der Waals surface area contributed by atoms with Crippen LogP contribution >= 0.6 is 0 Å². The number of aromatic nitrogens is 1. The van der Waals surface area contributed by atoms with Crippen LogP contribution in [-0.2, 0) is 0 Å². The third-order valence-corrected chi connectivity index (χ3v) is 4.37. The molecule has 10 heteroatoms. The fourth-order valence-corrected chi connectivity index (χ4v) is 2.96. The molecule has 0 aliphatic rings. The summed E-state index contributed by atoms with van der Waals surface area (Å²) >= 11 is 0. The summed E-state index contributed by atoms with van der Waals surface area (Å²) in [5.41, 5.74) is 5.47. The van der Waals surface area contributed by atoms with Crippen molar-refractivity contribution < 1.29 is 24.4 Å². The minimum Gasteiger partial charge on any atom is -0.494 e. The number of carbonyl (C=O) groups excluding carboxylic acids is 3. The summed E-state index contributed by atoms with van der Waals surface area (Å²) in [6.45, 7) is 1.73. The lowest BCUT2D eigenvalue weighted by Gasteiger charge is -2.06. The highest BCUT2D eigenvalue weighted by Gasteiger charge is 2.26. The molecular weight excluding hydrogens is 380 g/mol. The first-order valence-corrected chi connectivity index (χ1v) is 8.50. The smallest absolute Gasteiger partial charge is 0.326 e. The number of nitrogens with two attached hydrogens (primary N) is 1. The molecule has 4 N–H and O–H groups in total. The van der Waals surface area contributed by atoms with Crippen molar-refractivity contribution in [1.29, 1.82) is 0 Å². The number of hydrogen-bond donors (Lipinski definition) is 3. The van der Waals surface area contributed by atoms with Crippen molar-refractivity contribution >= 4 is 40.0 Å². The molecule has 0 aliphatic carbocycles. The first-order valence-electron chi connectivity index (χ1n) is 8.50. The molecule has 1 heterocycles. The average Bonchev–Trinajstić information content (AvgIpc) is 2.98. The molecule has 2 aromatic carbocycles. The van der Waals surface area contributed by atoms with Crippen LogP contribution in [0.4, 0.5) is 16.2 Å². The van der Waals surface area contributed by atoms with Gasteiger partial charge in [-0.05, 0) is 30.3 Å². The summed E-state index contributed by atoms with van der Waals surface area (Å²) in [7, 11) is 0. The number of nitro groups is 1. The largest absolute Gasteiger partial charge is 0.494 e. The molecule has 0 aliphatic heterocycles. The van der Waals surface area contributed by atoms with Crippen LogP contribution in [-0.4, -0.2) is 32.3 Å². The van der Waals surface area contributed by atoms with E-state index < -0.39 is 22.7 Å². The summed E-state index contributed by atoms with van der Waals surface area (Å²) in [5, 5.41) is 24.0. The van der Waals surface area contributed by atoms with Gasteiger partial charge in [-0.15, -0.1) is 0 Å². The van der Waals surface area contributed by atoms with Crippen molar-refractivity contribution in [2.45, 2.75) is 13.3 Å². The maximum atomic E-state index is 12.8. The molecule has 0 fully saturated rings. The van der Waals surface area contributed by atoms with E-state index in [1.165, 1.54) is 18.2 Å². The van der Waals surface area contributed by atoms with Crippen LogP contribution in [0.25, 0.3) is 10.9 Å². The van der Waals surface area contributed by atoms with Crippen LogP contribution in [0.1, 0.15) is 34.1 Å². The normalized spacial score (nSPS) is 10.7. The first-order chi connectivity index (χ1) is 13.7. The molecule has 0 radical (unpaired) electrons. The van der Waals surface area contributed by atoms with Gasteiger partial charge in [0.1, 0.15) is 5.56 Å². The lowest BCUT2D eigenvalue weighted by molar-refractivity contribution is -0.384. The molecule has 0 saturated heterocycles. The number of benzene rings is 2. The fraction of sp³-hybridized carbons (Fsp3) is 0.105. The summed E-state index contributed by atoms with van der Waals surface area (Å²) < 4.78 is 0.691. The van der Waals surface area contributed by atoms with Crippen molar-refractivity contribution in [3.8, 4) is 5.88 Å². The highest BCUT2D eigenvalue weighted by Crippen LogP contribution is 2.34. The van der Waals surface area contributed by atoms with E-state index in [0.717, 1.165) is 12.1 Å². The Morgan fingerprint density at radius 2 is 1.83 bits per heavy atom. The van der Waals surface area contributed by atoms with E-state index in [9.17, 15) is 29.6 Å². The second-order valence-electron chi connectivity index (χ2n) is 6.14. The van der Waals surface area contributed by atoms with E-state index >= 15 is 0 Å². The van der Waals surface area contributed by atoms with Gasteiger partial charge in [-0.2, -0.15) is 0 Å². The third kappa shape index (κ3) is 3.50. The maximum absolute atomic E-state index is 12.8. The van der Waals surface area contributed by atoms with E-state index in [1.54, 1.807) is 19.1 Å². The zero-order chi connectivity index (χ0) is 21.3. The fourth-order valence-electron chi connectivity index (χ4n) is 2.96. The van der Waals surface area contributed by atoms with Crippen molar-refractivity contribution in [3.63, 3.8) is 0 Å². The minimum absolute atomic E-state index is 0.00854. The number of amides is 2. The molecule has 3 rings (SSSR count). The molecule has 0 bridgehead atoms. The van der Waals surface area contributed by atoms with Gasteiger partial charge in [0.2, 0.25) is 5.88 Å². The van der Waals surface area contributed by atoms with Crippen LogP contribution < -0.4 is 11.1 Å². The quantitative estimate of drug-likeness (QED) is 0.342. The van der Waals surface area contributed by atoms with Gasteiger partial charge in [-0.1, -0.05) is 6.92 Å². The van der Waals surface area contributed by atoms with Crippen molar-refractivity contribution in [1.82, 2.24) is 4.57 Å². The molecule has 3 aromatic rings. The standard InChI is InChI=1S/C19H16N4O6/c1-2-15(24)10-3-5-11(6-4-10)21-17(25)16-13-9-12(23(28)29)7-8-14(13)22(18(16)26)19(20)27/h3-9,26H,2H2,1H3,(H2,20,27)(H,21,25). The molecule has 2 amide bonds. The number of fused-ring (bicyclic) bond motifs is 1. The second-order valence-corrected chi connectivity index (χ2v) is 6.14. The van der Waals surface area contributed by atoms with Crippen molar-refractivity contribution in [2.24, 2.45) is 5.73 Å². The molecule has 1 aromatic heterocycles. The van der Waals surface area contributed by atoms with Gasteiger partial charge in [-0.3, -0.25) is 19.7 Å². The number of carbonyl (C=O) groups is 3. The zero-order valence-corrected chi connectivity index (χ0v) is 15.2. The Hall–Kier alpha value is -4.21. The highest BCUT2D eigenvalue weighted by atomic mass is 16.6. The molecular formula is C19H16N4O6. The number of nitro benzene ring substituents is 1. The Kier molecular flexibility index (Phi) is 5.01. The maximum Gasteiger partial charge on any atom is 0.326 e. The highest BCUT2D eigenvalue weighted by molar-refractivity contribution is 6.17. The number of non-ortho nitro benzene ring substituents is 1. The van der Waals surface area contributed by atoms with Crippen LogP contribution in [0.15, 0.2) is 42.5 Å². The van der Waals surface area contributed by atoms with Gasteiger partial charge in [-0.25, -0.2) is 9.36 Å². The Morgan fingerprint density at radius 3 is 2.38 bits per heavy atom. The Labute approximate surface area is 163 Å². The molecule has 29 heavy (non-hydrogen) atoms. The predicted molar refractivity (Wildman–Crippen MR) is 104 cm³/mol. The van der Waals surface area contributed by atoms with Gasteiger partial charge < -0.3 is 16.2 Å². The molecule has 0 saturated carbocycles. The van der Waals surface area contributed by atoms with E-state index in [2.05, 4.69) is 5.32 Å². The van der Waals surface area contributed by atoms with Crippen LogP contribution in [0, 0.1) is 10.1 Å². The number of rotatable bonds is 5. The van der Waals surface area contributed by atoms with Gasteiger partial charge >= 0.3 is 6.03 Å². The molecule has 0 atom stereocenters. The Balaban J connectivity index is 2.05.